The van der Waals surface area contributed by atoms with E-state index in [1.54, 1.807) is 0 Å². The molecule has 0 aliphatic carbocycles. The lowest BCUT2D eigenvalue weighted by Crippen LogP contribution is -2.41. The van der Waals surface area contributed by atoms with Crippen LogP contribution in [0.15, 0.2) is 4.99 Å². The van der Waals surface area contributed by atoms with Gasteiger partial charge in [0.05, 0.1) is 0 Å². The summed E-state index contributed by atoms with van der Waals surface area (Å²) in [6, 6.07) is 0. The van der Waals surface area contributed by atoms with Gasteiger partial charge in [0, 0.05) is 32.7 Å². The molecule has 0 aromatic rings. The van der Waals surface area contributed by atoms with Crippen molar-refractivity contribution in [2.45, 2.75) is 60.8 Å². The first-order valence-electron chi connectivity index (χ1n) is 9.65. The molecule has 0 bridgehead atoms. The molecule has 0 aromatic carbocycles. The Kier molecular flexibility index (Phi) is 12.3. The van der Waals surface area contributed by atoms with E-state index in [1.807, 2.05) is 0 Å². The van der Waals surface area contributed by atoms with Crippen molar-refractivity contribution in [3.8, 4) is 0 Å². The van der Waals surface area contributed by atoms with Gasteiger partial charge in [-0.1, -0.05) is 34.6 Å². The zero-order valence-corrected chi connectivity index (χ0v) is 19.2. The normalized spacial score (nSPS) is 18.9. The number of nitrogens with one attached hydrogen (secondary N) is 1. The molecule has 0 amide bonds. The largest absolute Gasteiger partial charge is 0.357 e. The Bertz CT molecular complexity index is 348. The number of likely N-dealkylation sites (tertiary alicyclic amines) is 1. The molecular formula is C19H41IN4. The molecule has 1 rings (SSSR count). The van der Waals surface area contributed by atoms with E-state index in [4.69, 9.17) is 4.99 Å². The number of guanidine groups is 1. The second-order valence-electron chi connectivity index (χ2n) is 7.99. The van der Waals surface area contributed by atoms with Crippen LogP contribution in [0, 0.1) is 11.3 Å². The third kappa shape index (κ3) is 9.44. The summed E-state index contributed by atoms with van der Waals surface area (Å²) < 4.78 is 0. The standard InChI is InChI=1S/C19H40N4.HI/c1-7-20-18(21-13-10-12-19(4,5)6)23-14-11-17(16-23)15-22(8-2)9-3;/h17H,7-16H2,1-6H3,(H,20,21);1H. The smallest absolute Gasteiger partial charge is 0.193 e. The Hall–Kier alpha value is -0.0400. The lowest BCUT2D eigenvalue weighted by Gasteiger charge is -2.24. The number of nitrogens with zero attached hydrogens (tertiary/aromatic N) is 3. The molecule has 1 saturated heterocycles. The molecule has 1 fully saturated rings. The van der Waals surface area contributed by atoms with Gasteiger partial charge in [0.15, 0.2) is 5.96 Å². The van der Waals surface area contributed by atoms with Crippen LogP contribution in [-0.2, 0) is 0 Å². The van der Waals surface area contributed by atoms with E-state index in [9.17, 15) is 0 Å². The van der Waals surface area contributed by atoms with E-state index >= 15 is 0 Å². The molecule has 1 N–H and O–H groups in total. The summed E-state index contributed by atoms with van der Waals surface area (Å²) in [5, 5.41) is 3.49. The first-order valence-corrected chi connectivity index (χ1v) is 9.65. The van der Waals surface area contributed by atoms with E-state index < -0.39 is 0 Å². The fraction of sp³-hybridized carbons (Fsp3) is 0.947. The predicted octanol–water partition coefficient (Wildman–Crippen LogP) is 4.06. The van der Waals surface area contributed by atoms with Crippen molar-refractivity contribution >= 4 is 29.9 Å². The molecule has 1 aliphatic rings. The SMILES string of the molecule is CCNC(=NCCCC(C)(C)C)N1CCC(CN(CC)CC)C1.I. The molecule has 0 spiro atoms. The average Bonchev–Trinajstić information content (AvgIpc) is 2.95. The Morgan fingerprint density at radius 3 is 2.42 bits per heavy atom. The highest BCUT2D eigenvalue weighted by molar-refractivity contribution is 14.0. The highest BCUT2D eigenvalue weighted by atomic mass is 127. The van der Waals surface area contributed by atoms with E-state index in [2.05, 4.69) is 56.7 Å². The van der Waals surface area contributed by atoms with E-state index in [-0.39, 0.29) is 24.0 Å². The first kappa shape index (κ1) is 24.0. The van der Waals surface area contributed by atoms with Crippen LogP contribution in [0.25, 0.3) is 0 Å². The summed E-state index contributed by atoms with van der Waals surface area (Å²) in [6.45, 7) is 21.3. The van der Waals surface area contributed by atoms with Crippen LogP contribution in [0.4, 0.5) is 0 Å². The fourth-order valence-corrected chi connectivity index (χ4v) is 3.24. The van der Waals surface area contributed by atoms with Gasteiger partial charge in [-0.3, -0.25) is 4.99 Å². The van der Waals surface area contributed by atoms with Crippen LogP contribution in [0.2, 0.25) is 0 Å². The Labute approximate surface area is 167 Å². The third-order valence-electron chi connectivity index (χ3n) is 4.68. The van der Waals surface area contributed by atoms with Gasteiger partial charge < -0.3 is 15.1 Å². The summed E-state index contributed by atoms with van der Waals surface area (Å²) in [6.07, 6.45) is 3.71. The zero-order chi connectivity index (χ0) is 17.3. The quantitative estimate of drug-likeness (QED) is 0.261. The molecule has 1 aliphatic heterocycles. The van der Waals surface area contributed by atoms with Crippen LogP contribution in [0.5, 0.6) is 0 Å². The van der Waals surface area contributed by atoms with Crippen molar-refractivity contribution in [3.05, 3.63) is 0 Å². The highest BCUT2D eigenvalue weighted by Crippen LogP contribution is 2.21. The minimum absolute atomic E-state index is 0. The van der Waals surface area contributed by atoms with Gasteiger partial charge in [0.1, 0.15) is 0 Å². The molecule has 1 heterocycles. The third-order valence-corrected chi connectivity index (χ3v) is 4.68. The van der Waals surface area contributed by atoms with Crippen LogP contribution >= 0.6 is 24.0 Å². The average molecular weight is 452 g/mol. The van der Waals surface area contributed by atoms with Gasteiger partial charge in [0.25, 0.3) is 0 Å². The molecule has 1 atom stereocenters. The predicted molar refractivity (Wildman–Crippen MR) is 118 cm³/mol. The first-order chi connectivity index (χ1) is 10.9. The van der Waals surface area contributed by atoms with Crippen LogP contribution in [0.3, 0.4) is 0 Å². The Morgan fingerprint density at radius 2 is 1.88 bits per heavy atom. The number of halogens is 1. The minimum atomic E-state index is 0. The van der Waals surface area contributed by atoms with Crippen LogP contribution in [-0.4, -0.2) is 61.6 Å². The maximum atomic E-state index is 4.87. The second kappa shape index (κ2) is 12.3. The van der Waals surface area contributed by atoms with Gasteiger partial charge >= 0.3 is 0 Å². The topological polar surface area (TPSA) is 30.9 Å². The maximum Gasteiger partial charge on any atom is 0.193 e. The van der Waals surface area contributed by atoms with Gasteiger partial charge in [-0.05, 0) is 50.6 Å². The number of hydrogen-bond donors (Lipinski definition) is 1. The monoisotopic (exact) mass is 452 g/mol. The van der Waals surface area contributed by atoms with Crippen molar-refractivity contribution in [1.29, 1.82) is 0 Å². The van der Waals surface area contributed by atoms with E-state index in [1.165, 1.54) is 25.8 Å². The van der Waals surface area contributed by atoms with Crippen molar-refractivity contribution in [1.82, 2.24) is 15.1 Å². The lowest BCUT2D eigenvalue weighted by atomic mass is 9.91. The number of rotatable bonds is 8. The minimum Gasteiger partial charge on any atom is -0.357 e. The van der Waals surface area contributed by atoms with Crippen molar-refractivity contribution < 1.29 is 0 Å². The Balaban J connectivity index is 0.00000529. The molecule has 0 radical (unpaired) electrons. The summed E-state index contributed by atoms with van der Waals surface area (Å²) in [5.41, 5.74) is 0.413. The van der Waals surface area contributed by atoms with Crippen LogP contribution in [0.1, 0.15) is 60.8 Å². The zero-order valence-electron chi connectivity index (χ0n) is 16.9. The van der Waals surface area contributed by atoms with E-state index in [0.29, 0.717) is 5.41 Å². The summed E-state index contributed by atoms with van der Waals surface area (Å²) in [4.78, 5) is 9.88. The highest BCUT2D eigenvalue weighted by Gasteiger charge is 2.25. The van der Waals surface area contributed by atoms with Gasteiger partial charge in [-0.15, -0.1) is 24.0 Å². The van der Waals surface area contributed by atoms with E-state index in [0.717, 1.165) is 51.1 Å². The molecule has 1 unspecified atom stereocenters. The summed E-state index contributed by atoms with van der Waals surface area (Å²) in [7, 11) is 0. The molecule has 4 nitrogen and oxygen atoms in total. The lowest BCUT2D eigenvalue weighted by molar-refractivity contribution is 0.255. The van der Waals surface area contributed by atoms with Crippen molar-refractivity contribution in [2.75, 3.05) is 45.8 Å². The number of aliphatic imine (C=N–C) groups is 1. The van der Waals surface area contributed by atoms with Crippen LogP contribution < -0.4 is 5.32 Å². The van der Waals surface area contributed by atoms with Crippen molar-refractivity contribution in [3.63, 3.8) is 0 Å². The summed E-state index contributed by atoms with van der Waals surface area (Å²) in [5.74, 6) is 1.91. The maximum absolute atomic E-state index is 4.87. The molecule has 24 heavy (non-hydrogen) atoms. The van der Waals surface area contributed by atoms with Gasteiger partial charge in [-0.25, -0.2) is 0 Å². The molecular weight excluding hydrogens is 411 g/mol. The van der Waals surface area contributed by atoms with Gasteiger partial charge in [-0.2, -0.15) is 0 Å². The molecule has 5 heteroatoms. The van der Waals surface area contributed by atoms with Crippen molar-refractivity contribution in [2.24, 2.45) is 16.3 Å². The Morgan fingerprint density at radius 1 is 1.21 bits per heavy atom. The fourth-order valence-electron chi connectivity index (χ4n) is 3.24. The molecule has 0 aromatic heterocycles. The second-order valence-corrected chi connectivity index (χ2v) is 7.99. The molecule has 0 saturated carbocycles. The molecule has 144 valence electrons. The summed E-state index contributed by atoms with van der Waals surface area (Å²) >= 11 is 0. The van der Waals surface area contributed by atoms with Gasteiger partial charge in [0.2, 0.25) is 0 Å². The number of hydrogen-bond acceptors (Lipinski definition) is 2.